The van der Waals surface area contributed by atoms with E-state index in [2.05, 4.69) is 39.6 Å². The predicted molar refractivity (Wildman–Crippen MR) is 83.1 cm³/mol. The molecule has 102 valence electrons. The minimum atomic E-state index is 0.783. The predicted octanol–water partition coefficient (Wildman–Crippen LogP) is 3.50. The molecule has 0 aliphatic carbocycles. The van der Waals surface area contributed by atoms with Crippen molar-refractivity contribution in [2.45, 2.75) is 13.3 Å². The van der Waals surface area contributed by atoms with E-state index in [1.807, 2.05) is 29.6 Å². The lowest BCUT2D eigenvalue weighted by Gasteiger charge is -2.07. The first-order valence-corrected chi connectivity index (χ1v) is 7.45. The van der Waals surface area contributed by atoms with E-state index in [0.717, 1.165) is 29.5 Å². The van der Waals surface area contributed by atoms with Crippen molar-refractivity contribution < 1.29 is 0 Å². The number of nitrogens with one attached hydrogen (secondary N) is 2. The molecule has 0 aliphatic rings. The van der Waals surface area contributed by atoms with Gasteiger partial charge in [0.1, 0.15) is 5.82 Å². The van der Waals surface area contributed by atoms with Gasteiger partial charge in [-0.05, 0) is 30.0 Å². The van der Waals surface area contributed by atoms with Crippen LogP contribution in [0.3, 0.4) is 0 Å². The molecule has 20 heavy (non-hydrogen) atoms. The number of hydrogen-bond donors (Lipinski definition) is 2. The number of H-pyrrole nitrogens is 1. The summed E-state index contributed by atoms with van der Waals surface area (Å²) in [6, 6.07) is 12.3. The van der Waals surface area contributed by atoms with Gasteiger partial charge < -0.3 is 5.32 Å². The number of hydrogen-bond acceptors (Lipinski definition) is 4. The van der Waals surface area contributed by atoms with Crippen molar-refractivity contribution in [3.05, 3.63) is 53.2 Å². The van der Waals surface area contributed by atoms with Gasteiger partial charge >= 0.3 is 0 Å². The van der Waals surface area contributed by atoms with Crippen molar-refractivity contribution in [2.24, 2.45) is 0 Å². The third kappa shape index (κ3) is 2.88. The minimum Gasteiger partial charge on any atom is -0.384 e. The van der Waals surface area contributed by atoms with Crippen molar-refractivity contribution in [1.29, 1.82) is 0 Å². The van der Waals surface area contributed by atoms with Crippen molar-refractivity contribution in [2.75, 3.05) is 11.9 Å². The molecule has 0 amide bonds. The fourth-order valence-electron chi connectivity index (χ4n) is 2.01. The smallest absolute Gasteiger partial charge is 0.191 e. The fraction of sp³-hybridized carbons (Fsp3) is 0.200. The molecule has 2 heterocycles. The quantitative estimate of drug-likeness (QED) is 0.754. The number of aromatic nitrogens is 3. The molecule has 0 bridgehead atoms. The molecule has 0 spiro atoms. The maximum atomic E-state index is 4.51. The summed E-state index contributed by atoms with van der Waals surface area (Å²) >= 11 is 1.65. The van der Waals surface area contributed by atoms with Crippen LogP contribution in [0.2, 0.25) is 0 Å². The van der Waals surface area contributed by atoms with Crippen molar-refractivity contribution >= 4 is 17.0 Å². The number of benzene rings is 1. The molecule has 0 aliphatic heterocycles. The normalized spacial score (nSPS) is 10.7. The molecule has 3 rings (SSSR count). The van der Waals surface area contributed by atoms with Crippen LogP contribution < -0.4 is 5.32 Å². The number of aromatic amines is 1. The second kappa shape index (κ2) is 5.88. The first kappa shape index (κ1) is 12.9. The molecule has 0 unspecified atom stereocenters. The number of nitrogens with zero attached hydrogens (tertiary/aromatic N) is 2. The molecule has 0 saturated heterocycles. The third-order valence-electron chi connectivity index (χ3n) is 3.10. The monoisotopic (exact) mass is 284 g/mol. The first-order chi connectivity index (χ1) is 9.83. The zero-order valence-electron chi connectivity index (χ0n) is 11.3. The molecule has 0 atom stereocenters. The average Bonchev–Trinajstić information content (AvgIpc) is 3.11. The van der Waals surface area contributed by atoms with Crippen LogP contribution in [0.1, 0.15) is 11.4 Å². The maximum absolute atomic E-state index is 4.51. The number of anilines is 1. The standard InChI is InChI=1S/C15H16N4S/c1-11-5-2-3-6-12(11)16-9-8-14-17-15(19-18-14)13-7-4-10-20-13/h2-7,10,16H,8-9H2,1H3,(H,17,18,19). The van der Waals surface area contributed by atoms with Gasteiger partial charge in [-0.3, -0.25) is 5.10 Å². The lowest BCUT2D eigenvalue weighted by atomic mass is 10.2. The zero-order valence-corrected chi connectivity index (χ0v) is 12.1. The average molecular weight is 284 g/mol. The van der Waals surface area contributed by atoms with Gasteiger partial charge in [0.2, 0.25) is 0 Å². The molecular formula is C15H16N4S. The molecular weight excluding hydrogens is 268 g/mol. The molecule has 2 aromatic heterocycles. The van der Waals surface area contributed by atoms with E-state index < -0.39 is 0 Å². The van der Waals surface area contributed by atoms with Crippen LogP contribution in [0, 0.1) is 6.92 Å². The van der Waals surface area contributed by atoms with Crippen LogP contribution in [-0.2, 0) is 6.42 Å². The van der Waals surface area contributed by atoms with Gasteiger partial charge in [0.25, 0.3) is 0 Å². The van der Waals surface area contributed by atoms with Crippen LogP contribution in [0.25, 0.3) is 10.7 Å². The lowest BCUT2D eigenvalue weighted by molar-refractivity contribution is 0.900. The van der Waals surface area contributed by atoms with E-state index in [9.17, 15) is 0 Å². The van der Waals surface area contributed by atoms with E-state index in [1.165, 1.54) is 11.3 Å². The Kier molecular flexibility index (Phi) is 3.78. The topological polar surface area (TPSA) is 53.6 Å². The van der Waals surface area contributed by atoms with Crippen LogP contribution in [-0.4, -0.2) is 21.7 Å². The van der Waals surface area contributed by atoms with E-state index in [1.54, 1.807) is 11.3 Å². The van der Waals surface area contributed by atoms with E-state index in [-0.39, 0.29) is 0 Å². The van der Waals surface area contributed by atoms with Gasteiger partial charge in [0, 0.05) is 18.7 Å². The summed E-state index contributed by atoms with van der Waals surface area (Å²) in [4.78, 5) is 5.61. The van der Waals surface area contributed by atoms with Crippen LogP contribution in [0.4, 0.5) is 5.69 Å². The summed E-state index contributed by atoms with van der Waals surface area (Å²) in [5.41, 5.74) is 2.43. The van der Waals surface area contributed by atoms with Crippen LogP contribution in [0.5, 0.6) is 0 Å². The maximum Gasteiger partial charge on any atom is 0.191 e. The van der Waals surface area contributed by atoms with Gasteiger partial charge in [0.15, 0.2) is 5.82 Å². The number of rotatable bonds is 5. The molecule has 3 aromatic rings. The summed E-state index contributed by atoms with van der Waals surface area (Å²) in [6.07, 6.45) is 0.826. The number of aryl methyl sites for hydroxylation is 1. The van der Waals surface area contributed by atoms with Gasteiger partial charge in [-0.25, -0.2) is 4.98 Å². The second-order valence-corrected chi connectivity index (χ2v) is 5.52. The Morgan fingerprint density at radius 3 is 2.90 bits per heavy atom. The van der Waals surface area contributed by atoms with Crippen LogP contribution >= 0.6 is 11.3 Å². The Morgan fingerprint density at radius 2 is 2.10 bits per heavy atom. The molecule has 1 aromatic carbocycles. The highest BCUT2D eigenvalue weighted by molar-refractivity contribution is 7.13. The highest BCUT2D eigenvalue weighted by Crippen LogP contribution is 2.20. The molecule has 5 heteroatoms. The summed E-state index contributed by atoms with van der Waals surface area (Å²) in [7, 11) is 0. The zero-order chi connectivity index (χ0) is 13.8. The number of para-hydroxylation sites is 1. The van der Waals surface area contributed by atoms with Crippen molar-refractivity contribution in [1.82, 2.24) is 15.2 Å². The Balaban J connectivity index is 1.58. The Morgan fingerprint density at radius 1 is 1.20 bits per heavy atom. The highest BCUT2D eigenvalue weighted by Gasteiger charge is 2.06. The first-order valence-electron chi connectivity index (χ1n) is 6.57. The summed E-state index contributed by atoms with van der Waals surface area (Å²) in [6.45, 7) is 2.94. The van der Waals surface area contributed by atoms with Crippen LogP contribution in [0.15, 0.2) is 41.8 Å². The molecule has 2 N–H and O–H groups in total. The summed E-state index contributed by atoms with van der Waals surface area (Å²) < 4.78 is 0. The van der Waals surface area contributed by atoms with Gasteiger partial charge in [-0.1, -0.05) is 24.3 Å². The fourth-order valence-corrected chi connectivity index (χ4v) is 2.67. The SMILES string of the molecule is Cc1ccccc1NCCc1nc(-c2cccs2)n[nH]1. The number of thiophene rings is 1. The van der Waals surface area contributed by atoms with E-state index in [0.29, 0.717) is 0 Å². The molecule has 4 nitrogen and oxygen atoms in total. The van der Waals surface area contributed by atoms with E-state index in [4.69, 9.17) is 0 Å². The van der Waals surface area contributed by atoms with Gasteiger partial charge in [0.05, 0.1) is 4.88 Å². The van der Waals surface area contributed by atoms with Crippen molar-refractivity contribution in [3.63, 3.8) is 0 Å². The Bertz CT molecular complexity index is 673. The van der Waals surface area contributed by atoms with E-state index >= 15 is 0 Å². The third-order valence-corrected chi connectivity index (χ3v) is 3.96. The second-order valence-electron chi connectivity index (χ2n) is 4.57. The highest BCUT2D eigenvalue weighted by atomic mass is 32.1. The Hall–Kier alpha value is -2.14. The minimum absolute atomic E-state index is 0.783. The molecule has 0 fully saturated rings. The van der Waals surface area contributed by atoms with Gasteiger partial charge in [-0.15, -0.1) is 11.3 Å². The molecule has 0 radical (unpaired) electrons. The largest absolute Gasteiger partial charge is 0.384 e. The summed E-state index contributed by atoms with van der Waals surface area (Å²) in [5, 5.41) is 12.7. The van der Waals surface area contributed by atoms with Crippen molar-refractivity contribution in [3.8, 4) is 10.7 Å². The Labute approximate surface area is 121 Å². The molecule has 0 saturated carbocycles. The lowest BCUT2D eigenvalue weighted by Crippen LogP contribution is -2.06. The van der Waals surface area contributed by atoms with Gasteiger partial charge in [-0.2, -0.15) is 5.10 Å². The summed E-state index contributed by atoms with van der Waals surface area (Å²) in [5.74, 6) is 1.69.